The Morgan fingerprint density at radius 2 is 2.17 bits per heavy atom. The second kappa shape index (κ2) is 6.78. The highest BCUT2D eigenvalue weighted by molar-refractivity contribution is 7.10. The first-order valence-corrected chi connectivity index (χ1v) is 8.38. The molecular formula is C16H18N4O2S. The monoisotopic (exact) mass is 330 g/mol. The fourth-order valence-corrected chi connectivity index (χ4v) is 3.69. The summed E-state index contributed by atoms with van der Waals surface area (Å²) in [6, 6.07) is 6.74. The van der Waals surface area contributed by atoms with Gasteiger partial charge in [0, 0.05) is 11.9 Å². The minimum Gasteiger partial charge on any atom is -0.354 e. The van der Waals surface area contributed by atoms with E-state index in [2.05, 4.69) is 32.4 Å². The quantitative estimate of drug-likeness (QED) is 0.809. The molecule has 0 saturated carbocycles. The van der Waals surface area contributed by atoms with Crippen molar-refractivity contribution in [2.45, 2.75) is 25.3 Å². The van der Waals surface area contributed by atoms with E-state index in [1.54, 1.807) is 36.6 Å². The highest BCUT2D eigenvalue weighted by Crippen LogP contribution is 2.33. The average molecular weight is 330 g/mol. The van der Waals surface area contributed by atoms with E-state index in [1.807, 2.05) is 0 Å². The third-order valence-corrected chi connectivity index (χ3v) is 4.80. The number of nitrogens with zero attached hydrogens (tertiary/aromatic N) is 1. The van der Waals surface area contributed by atoms with Gasteiger partial charge in [0.15, 0.2) is 0 Å². The van der Waals surface area contributed by atoms with E-state index in [1.165, 1.54) is 10.4 Å². The van der Waals surface area contributed by atoms with Crippen LogP contribution in [0.25, 0.3) is 0 Å². The summed E-state index contributed by atoms with van der Waals surface area (Å²) in [5.74, 6) is 0.0641. The number of hydrogen-bond donors (Lipinski definition) is 3. The van der Waals surface area contributed by atoms with Crippen molar-refractivity contribution in [3.05, 3.63) is 45.8 Å². The number of fused-ring (bicyclic) bond motifs is 1. The molecule has 3 amide bonds. The zero-order valence-electron chi connectivity index (χ0n) is 12.8. The number of nitrogens with one attached hydrogen (secondary N) is 3. The van der Waals surface area contributed by atoms with Crippen LogP contribution in [-0.2, 0) is 6.42 Å². The van der Waals surface area contributed by atoms with Gasteiger partial charge in [-0.15, -0.1) is 11.3 Å². The van der Waals surface area contributed by atoms with Crippen molar-refractivity contribution in [3.8, 4) is 0 Å². The molecule has 1 aliphatic rings. The number of thiophene rings is 1. The number of hydrogen-bond acceptors (Lipinski definition) is 4. The second-order valence-corrected chi connectivity index (χ2v) is 6.33. The van der Waals surface area contributed by atoms with Gasteiger partial charge in [0.1, 0.15) is 11.5 Å². The Kier molecular flexibility index (Phi) is 4.57. The van der Waals surface area contributed by atoms with E-state index in [0.717, 1.165) is 19.3 Å². The molecule has 0 aromatic carbocycles. The van der Waals surface area contributed by atoms with Crippen LogP contribution in [0.1, 0.15) is 39.8 Å². The van der Waals surface area contributed by atoms with Crippen LogP contribution in [0.3, 0.4) is 0 Å². The van der Waals surface area contributed by atoms with Crippen LogP contribution in [-0.4, -0.2) is 24.0 Å². The Morgan fingerprint density at radius 3 is 3.00 bits per heavy atom. The van der Waals surface area contributed by atoms with Gasteiger partial charge in [0.25, 0.3) is 5.91 Å². The molecule has 0 aliphatic heterocycles. The first-order valence-electron chi connectivity index (χ1n) is 7.50. The number of aryl methyl sites for hydroxylation is 1. The predicted octanol–water partition coefficient (Wildman–Crippen LogP) is 2.70. The number of pyridine rings is 1. The van der Waals surface area contributed by atoms with Crippen LogP contribution >= 0.6 is 11.3 Å². The molecule has 1 atom stereocenters. The zero-order valence-corrected chi connectivity index (χ0v) is 13.6. The molecule has 3 N–H and O–H groups in total. The van der Waals surface area contributed by atoms with Gasteiger partial charge in [0.2, 0.25) is 0 Å². The molecule has 2 heterocycles. The zero-order chi connectivity index (χ0) is 16.2. The van der Waals surface area contributed by atoms with Gasteiger partial charge in [0.05, 0.1) is 6.04 Å². The Bertz CT molecular complexity index is 728. The molecule has 0 bridgehead atoms. The Balaban J connectivity index is 1.66. The number of urea groups is 1. The normalized spacial score (nSPS) is 16.3. The Morgan fingerprint density at radius 1 is 1.30 bits per heavy atom. The lowest BCUT2D eigenvalue weighted by Gasteiger charge is -2.23. The number of aromatic nitrogens is 1. The summed E-state index contributed by atoms with van der Waals surface area (Å²) in [5, 5.41) is 10.3. The molecule has 6 nitrogen and oxygen atoms in total. The molecule has 1 unspecified atom stereocenters. The number of rotatable bonds is 3. The Labute approximate surface area is 138 Å². The smallest absolute Gasteiger partial charge is 0.320 e. The SMILES string of the molecule is CNC(=O)c1cccc(NC(=O)NC2CCCc3sccc32)n1. The third kappa shape index (κ3) is 3.50. The van der Waals surface area contributed by atoms with Crippen LogP contribution in [0.15, 0.2) is 29.6 Å². The summed E-state index contributed by atoms with van der Waals surface area (Å²) in [6.07, 6.45) is 3.09. The molecule has 23 heavy (non-hydrogen) atoms. The van der Waals surface area contributed by atoms with E-state index in [9.17, 15) is 9.59 Å². The number of carbonyl (C=O) groups is 2. The lowest BCUT2D eigenvalue weighted by Crippen LogP contribution is -2.34. The average Bonchev–Trinajstić information content (AvgIpc) is 3.04. The van der Waals surface area contributed by atoms with E-state index < -0.39 is 0 Å². The molecule has 7 heteroatoms. The molecule has 0 saturated heterocycles. The van der Waals surface area contributed by atoms with Gasteiger partial charge < -0.3 is 10.6 Å². The fourth-order valence-electron chi connectivity index (χ4n) is 2.71. The van der Waals surface area contributed by atoms with E-state index in [-0.39, 0.29) is 23.7 Å². The minimum atomic E-state index is -0.310. The molecule has 1 aliphatic carbocycles. The Hall–Kier alpha value is -2.41. The van der Waals surface area contributed by atoms with Crippen molar-refractivity contribution in [2.24, 2.45) is 0 Å². The predicted molar refractivity (Wildman–Crippen MR) is 89.8 cm³/mol. The number of anilines is 1. The largest absolute Gasteiger partial charge is 0.354 e. The highest BCUT2D eigenvalue weighted by Gasteiger charge is 2.22. The highest BCUT2D eigenvalue weighted by atomic mass is 32.1. The van der Waals surface area contributed by atoms with Crippen molar-refractivity contribution >= 4 is 29.1 Å². The molecule has 3 rings (SSSR count). The molecule has 2 aromatic heterocycles. The van der Waals surface area contributed by atoms with E-state index in [0.29, 0.717) is 5.82 Å². The van der Waals surface area contributed by atoms with Crippen molar-refractivity contribution in [1.29, 1.82) is 0 Å². The van der Waals surface area contributed by atoms with Gasteiger partial charge in [-0.3, -0.25) is 10.1 Å². The fraction of sp³-hybridized carbons (Fsp3) is 0.312. The maximum atomic E-state index is 12.2. The lowest BCUT2D eigenvalue weighted by molar-refractivity contribution is 0.0958. The van der Waals surface area contributed by atoms with Crippen LogP contribution in [0.2, 0.25) is 0 Å². The summed E-state index contributed by atoms with van der Waals surface area (Å²) in [6.45, 7) is 0. The summed E-state index contributed by atoms with van der Waals surface area (Å²) in [7, 11) is 1.54. The molecule has 2 aromatic rings. The van der Waals surface area contributed by atoms with Crippen LogP contribution in [0.5, 0.6) is 0 Å². The molecule has 0 radical (unpaired) electrons. The maximum Gasteiger partial charge on any atom is 0.320 e. The first kappa shape index (κ1) is 15.5. The van der Waals surface area contributed by atoms with Crippen LogP contribution in [0, 0.1) is 0 Å². The van der Waals surface area contributed by atoms with Crippen molar-refractivity contribution in [1.82, 2.24) is 15.6 Å². The van der Waals surface area contributed by atoms with E-state index >= 15 is 0 Å². The lowest BCUT2D eigenvalue weighted by atomic mass is 9.94. The molecule has 120 valence electrons. The standard InChI is InChI=1S/C16H18N4O2S/c1-17-15(21)12-5-3-7-14(18-12)20-16(22)19-11-4-2-6-13-10(11)8-9-23-13/h3,5,7-9,11H,2,4,6H2,1H3,(H,17,21)(H2,18,19,20,22). The van der Waals surface area contributed by atoms with Crippen LogP contribution < -0.4 is 16.0 Å². The van der Waals surface area contributed by atoms with Gasteiger partial charge in [-0.2, -0.15) is 0 Å². The first-order chi connectivity index (χ1) is 11.2. The van der Waals surface area contributed by atoms with Gasteiger partial charge >= 0.3 is 6.03 Å². The number of amides is 3. The third-order valence-electron chi connectivity index (χ3n) is 3.81. The van der Waals surface area contributed by atoms with Gasteiger partial charge in [-0.1, -0.05) is 6.07 Å². The minimum absolute atomic E-state index is 0.0344. The van der Waals surface area contributed by atoms with Crippen molar-refractivity contribution in [2.75, 3.05) is 12.4 Å². The van der Waals surface area contributed by atoms with Crippen LogP contribution in [0.4, 0.5) is 10.6 Å². The molecular weight excluding hydrogens is 312 g/mol. The van der Waals surface area contributed by atoms with E-state index in [4.69, 9.17) is 0 Å². The van der Waals surface area contributed by atoms with Gasteiger partial charge in [-0.25, -0.2) is 9.78 Å². The maximum absolute atomic E-state index is 12.2. The topological polar surface area (TPSA) is 83.1 Å². The summed E-state index contributed by atoms with van der Waals surface area (Å²) in [4.78, 5) is 29.3. The molecule has 0 spiro atoms. The summed E-state index contributed by atoms with van der Waals surface area (Å²) >= 11 is 1.74. The van der Waals surface area contributed by atoms with Gasteiger partial charge in [-0.05, 0) is 48.4 Å². The number of carbonyl (C=O) groups excluding carboxylic acids is 2. The summed E-state index contributed by atoms with van der Waals surface area (Å²) < 4.78 is 0. The summed E-state index contributed by atoms with van der Waals surface area (Å²) in [5.41, 5.74) is 1.48. The second-order valence-electron chi connectivity index (χ2n) is 5.33. The molecule has 0 fully saturated rings. The van der Waals surface area contributed by atoms with Crippen molar-refractivity contribution < 1.29 is 9.59 Å². The van der Waals surface area contributed by atoms with Crippen molar-refractivity contribution in [3.63, 3.8) is 0 Å².